The Morgan fingerprint density at radius 2 is 1.74 bits per heavy atom. The predicted molar refractivity (Wildman–Crippen MR) is 107 cm³/mol. The van der Waals surface area contributed by atoms with Crippen molar-refractivity contribution in [3.8, 4) is 16.8 Å². The summed E-state index contributed by atoms with van der Waals surface area (Å²) >= 11 is 0. The molecule has 3 aromatic rings. The normalized spacial score (nSPS) is 12.3. The largest absolute Gasteiger partial charge is 0.384 e. The zero-order valence-electron chi connectivity index (χ0n) is 16.0. The molecule has 5 nitrogen and oxygen atoms in total. The molecule has 0 aliphatic carbocycles. The lowest BCUT2D eigenvalue weighted by atomic mass is 10.1. The van der Waals surface area contributed by atoms with Gasteiger partial charge in [0.05, 0.1) is 10.6 Å². The minimum atomic E-state index is -3.24. The second kappa shape index (κ2) is 6.94. The number of aliphatic hydroxyl groups is 1. The van der Waals surface area contributed by atoms with E-state index in [1.54, 1.807) is 32.0 Å². The number of aryl methyl sites for hydroxylation is 1. The van der Waals surface area contributed by atoms with Gasteiger partial charge in [-0.3, -0.25) is 0 Å². The number of benzene rings is 2. The summed E-state index contributed by atoms with van der Waals surface area (Å²) < 4.78 is 25.5. The molecule has 142 valence electrons. The molecule has 0 spiro atoms. The molecule has 0 fully saturated rings. The standard InChI is InChI=1S/C21H24N2O3S/c1-5-20-22-19(21(2,3)24)14-23(20)17-11-9-15(10-12-17)16-7-6-8-18(13-16)27(4,25)26/h6-14,24H,5H2,1-4H3. The maximum atomic E-state index is 11.8. The van der Waals surface area contributed by atoms with Gasteiger partial charge >= 0.3 is 0 Å². The van der Waals surface area contributed by atoms with Crippen molar-refractivity contribution in [2.75, 3.05) is 6.26 Å². The molecule has 0 radical (unpaired) electrons. The summed E-state index contributed by atoms with van der Waals surface area (Å²) in [5.41, 5.74) is 2.36. The fraction of sp³-hybridized carbons (Fsp3) is 0.286. The molecule has 0 aliphatic heterocycles. The van der Waals surface area contributed by atoms with Gasteiger partial charge in [0, 0.05) is 24.6 Å². The van der Waals surface area contributed by atoms with Gasteiger partial charge in [0.15, 0.2) is 9.84 Å². The zero-order chi connectivity index (χ0) is 19.8. The predicted octanol–water partition coefficient (Wildman–Crippen LogP) is 3.73. The number of aromatic nitrogens is 2. The topological polar surface area (TPSA) is 72.2 Å². The van der Waals surface area contributed by atoms with Crippen LogP contribution in [-0.4, -0.2) is 29.3 Å². The van der Waals surface area contributed by atoms with Crippen LogP contribution in [0.5, 0.6) is 0 Å². The van der Waals surface area contributed by atoms with Gasteiger partial charge in [-0.25, -0.2) is 13.4 Å². The van der Waals surface area contributed by atoms with E-state index < -0.39 is 15.4 Å². The number of hydrogen-bond donors (Lipinski definition) is 1. The van der Waals surface area contributed by atoms with Crippen molar-refractivity contribution < 1.29 is 13.5 Å². The first-order valence-electron chi connectivity index (χ1n) is 8.81. The number of imidazole rings is 1. The lowest BCUT2D eigenvalue weighted by Crippen LogP contribution is -2.15. The highest BCUT2D eigenvalue weighted by molar-refractivity contribution is 7.90. The van der Waals surface area contributed by atoms with E-state index in [2.05, 4.69) is 4.98 Å². The second-order valence-electron chi connectivity index (χ2n) is 7.17. The highest BCUT2D eigenvalue weighted by Gasteiger charge is 2.21. The Kier molecular flexibility index (Phi) is 4.97. The highest BCUT2D eigenvalue weighted by atomic mass is 32.2. The van der Waals surface area contributed by atoms with Gasteiger partial charge in [0.2, 0.25) is 0 Å². The van der Waals surface area contributed by atoms with Crippen LogP contribution in [-0.2, 0) is 21.9 Å². The van der Waals surface area contributed by atoms with Crippen molar-refractivity contribution in [3.63, 3.8) is 0 Å². The monoisotopic (exact) mass is 384 g/mol. The summed E-state index contributed by atoms with van der Waals surface area (Å²) in [6.45, 7) is 5.46. The van der Waals surface area contributed by atoms with E-state index >= 15 is 0 Å². The lowest BCUT2D eigenvalue weighted by molar-refractivity contribution is 0.0741. The summed E-state index contributed by atoms with van der Waals surface area (Å²) in [6, 6.07) is 14.8. The van der Waals surface area contributed by atoms with Crippen LogP contribution in [0.1, 0.15) is 32.3 Å². The SMILES string of the molecule is CCc1nc(C(C)(C)O)cn1-c1ccc(-c2cccc(S(C)(=O)=O)c2)cc1. The molecular formula is C21H24N2O3S. The van der Waals surface area contributed by atoms with Crippen LogP contribution in [0.25, 0.3) is 16.8 Å². The molecule has 0 aliphatic rings. The van der Waals surface area contributed by atoms with Gasteiger partial charge in [-0.1, -0.05) is 31.2 Å². The Labute approximate surface area is 160 Å². The van der Waals surface area contributed by atoms with Gasteiger partial charge in [-0.2, -0.15) is 0 Å². The van der Waals surface area contributed by atoms with Crippen molar-refractivity contribution in [1.82, 2.24) is 9.55 Å². The number of sulfone groups is 1. The molecule has 0 unspecified atom stereocenters. The van der Waals surface area contributed by atoms with E-state index in [1.165, 1.54) is 6.26 Å². The van der Waals surface area contributed by atoms with Gasteiger partial charge in [0.1, 0.15) is 11.4 Å². The average molecular weight is 385 g/mol. The van der Waals surface area contributed by atoms with Crippen molar-refractivity contribution >= 4 is 9.84 Å². The molecule has 1 N–H and O–H groups in total. The molecule has 27 heavy (non-hydrogen) atoms. The first-order chi connectivity index (χ1) is 12.6. The van der Waals surface area contributed by atoms with E-state index in [0.717, 1.165) is 29.1 Å². The Morgan fingerprint density at radius 3 is 2.30 bits per heavy atom. The van der Waals surface area contributed by atoms with Crippen molar-refractivity contribution in [1.29, 1.82) is 0 Å². The third-order valence-electron chi connectivity index (χ3n) is 4.46. The van der Waals surface area contributed by atoms with Gasteiger partial charge in [-0.05, 0) is 49.2 Å². The van der Waals surface area contributed by atoms with Crippen molar-refractivity contribution in [2.45, 2.75) is 37.7 Å². The lowest BCUT2D eigenvalue weighted by Gasteiger charge is -2.13. The number of rotatable bonds is 5. The Balaban J connectivity index is 1.99. The second-order valence-corrected chi connectivity index (χ2v) is 9.19. The number of hydrogen-bond acceptors (Lipinski definition) is 4. The van der Waals surface area contributed by atoms with E-state index in [0.29, 0.717) is 10.6 Å². The summed E-state index contributed by atoms with van der Waals surface area (Å²) in [6.07, 6.45) is 3.81. The fourth-order valence-corrected chi connectivity index (χ4v) is 3.57. The van der Waals surface area contributed by atoms with Crippen molar-refractivity contribution in [3.05, 3.63) is 66.2 Å². The van der Waals surface area contributed by atoms with E-state index in [9.17, 15) is 13.5 Å². The summed E-state index contributed by atoms with van der Waals surface area (Å²) in [5.74, 6) is 0.874. The Hall–Kier alpha value is -2.44. The van der Waals surface area contributed by atoms with Crippen molar-refractivity contribution in [2.24, 2.45) is 0 Å². The zero-order valence-corrected chi connectivity index (χ0v) is 16.8. The highest BCUT2D eigenvalue weighted by Crippen LogP contribution is 2.26. The van der Waals surface area contributed by atoms with Crippen LogP contribution >= 0.6 is 0 Å². The quantitative estimate of drug-likeness (QED) is 0.727. The summed E-state index contributed by atoms with van der Waals surface area (Å²) in [4.78, 5) is 4.85. The van der Waals surface area contributed by atoms with Crippen LogP contribution in [0.4, 0.5) is 0 Å². The average Bonchev–Trinajstić information content (AvgIpc) is 3.06. The van der Waals surface area contributed by atoms with Crippen LogP contribution in [0.15, 0.2) is 59.6 Å². The molecule has 0 saturated heterocycles. The van der Waals surface area contributed by atoms with Gasteiger partial charge in [-0.15, -0.1) is 0 Å². The molecule has 0 bridgehead atoms. The first kappa shape index (κ1) is 19.3. The number of nitrogens with zero attached hydrogens (tertiary/aromatic N) is 2. The third kappa shape index (κ3) is 4.12. The van der Waals surface area contributed by atoms with E-state index in [4.69, 9.17) is 0 Å². The van der Waals surface area contributed by atoms with Crippen LogP contribution in [0, 0.1) is 0 Å². The Bertz CT molecular complexity index is 1060. The first-order valence-corrected chi connectivity index (χ1v) is 10.7. The van der Waals surface area contributed by atoms with Gasteiger partial charge < -0.3 is 9.67 Å². The van der Waals surface area contributed by atoms with Crippen LogP contribution in [0.3, 0.4) is 0 Å². The third-order valence-corrected chi connectivity index (χ3v) is 5.57. The van der Waals surface area contributed by atoms with E-state index in [-0.39, 0.29) is 0 Å². The van der Waals surface area contributed by atoms with Crippen LogP contribution < -0.4 is 0 Å². The minimum Gasteiger partial charge on any atom is -0.384 e. The van der Waals surface area contributed by atoms with E-state index in [1.807, 2.05) is 48.0 Å². The molecular weight excluding hydrogens is 360 g/mol. The summed E-state index contributed by atoms with van der Waals surface area (Å²) in [5, 5.41) is 10.2. The molecule has 6 heteroatoms. The fourth-order valence-electron chi connectivity index (χ4n) is 2.91. The molecule has 3 rings (SSSR count). The molecule has 1 heterocycles. The smallest absolute Gasteiger partial charge is 0.175 e. The Morgan fingerprint density at radius 1 is 1.07 bits per heavy atom. The molecule has 1 aromatic heterocycles. The molecule has 0 saturated carbocycles. The molecule has 2 aromatic carbocycles. The van der Waals surface area contributed by atoms with Crippen LogP contribution in [0.2, 0.25) is 0 Å². The maximum Gasteiger partial charge on any atom is 0.175 e. The maximum absolute atomic E-state index is 11.8. The van der Waals surface area contributed by atoms with Gasteiger partial charge in [0.25, 0.3) is 0 Å². The minimum absolute atomic E-state index is 0.307. The molecule has 0 atom stereocenters. The summed E-state index contributed by atoms with van der Waals surface area (Å²) in [7, 11) is -3.24. The molecule has 0 amide bonds.